The molecule has 1 aliphatic heterocycles. The van der Waals surface area contributed by atoms with Gasteiger partial charge in [0.25, 0.3) is 5.91 Å². The van der Waals surface area contributed by atoms with Crippen LogP contribution in [-0.4, -0.2) is 51.8 Å². The summed E-state index contributed by atoms with van der Waals surface area (Å²) in [7, 11) is 1.50. The molecule has 3 rings (SSSR count). The Morgan fingerprint density at radius 2 is 1.72 bits per heavy atom. The first-order valence-electron chi connectivity index (χ1n) is 10.0. The minimum Gasteiger partial charge on any atom is -0.492 e. The molecule has 29 heavy (non-hydrogen) atoms. The van der Waals surface area contributed by atoms with Crippen LogP contribution in [0.15, 0.2) is 54.6 Å². The van der Waals surface area contributed by atoms with Gasteiger partial charge in [-0.1, -0.05) is 42.5 Å². The summed E-state index contributed by atoms with van der Waals surface area (Å²) in [6.07, 6.45) is 0. The van der Waals surface area contributed by atoms with Gasteiger partial charge < -0.3 is 19.9 Å². The number of quaternary nitrogens is 1. The van der Waals surface area contributed by atoms with Crippen LogP contribution in [0.4, 0.5) is 10.5 Å². The summed E-state index contributed by atoms with van der Waals surface area (Å²) < 4.78 is 5.77. The Kier molecular flexibility index (Phi) is 7.08. The number of ether oxygens (including phenoxy) is 1. The molecule has 1 fully saturated rings. The van der Waals surface area contributed by atoms with Crippen LogP contribution < -0.4 is 25.2 Å². The topological polar surface area (TPSA) is 75.1 Å². The van der Waals surface area contributed by atoms with Crippen molar-refractivity contribution in [1.82, 2.24) is 10.6 Å². The highest BCUT2D eigenvalue weighted by atomic mass is 16.5. The summed E-state index contributed by atoms with van der Waals surface area (Å²) in [6.45, 7) is 5.76. The summed E-state index contributed by atoms with van der Waals surface area (Å²) in [6, 6.07) is 16.8. The summed E-state index contributed by atoms with van der Waals surface area (Å²) in [5.74, 6) is 0.601. The van der Waals surface area contributed by atoms with E-state index < -0.39 is 12.1 Å². The number of para-hydroxylation sites is 2. The Morgan fingerprint density at radius 1 is 1.07 bits per heavy atom. The number of nitrogens with one attached hydrogen (secondary N) is 3. The molecule has 3 amide bonds. The minimum absolute atomic E-state index is 0.284. The van der Waals surface area contributed by atoms with Crippen molar-refractivity contribution in [1.29, 1.82) is 0 Å². The number of carbonyl (C=O) groups excluding carboxylic acids is 2. The monoisotopic (exact) mass is 397 g/mol. The van der Waals surface area contributed by atoms with Crippen LogP contribution in [0.25, 0.3) is 0 Å². The van der Waals surface area contributed by atoms with Crippen LogP contribution in [0.3, 0.4) is 0 Å². The Hall–Kier alpha value is -3.06. The van der Waals surface area contributed by atoms with Crippen LogP contribution in [0.1, 0.15) is 18.5 Å². The fourth-order valence-corrected chi connectivity index (χ4v) is 3.78. The van der Waals surface area contributed by atoms with Crippen molar-refractivity contribution in [3.63, 3.8) is 0 Å². The summed E-state index contributed by atoms with van der Waals surface area (Å²) in [4.78, 5) is 28.0. The molecule has 1 saturated heterocycles. The number of urea groups is 1. The second-order valence-corrected chi connectivity index (χ2v) is 6.96. The van der Waals surface area contributed by atoms with Gasteiger partial charge in [-0.05, 0) is 19.1 Å². The zero-order valence-corrected chi connectivity index (χ0v) is 17.0. The Morgan fingerprint density at radius 3 is 2.38 bits per heavy atom. The molecule has 7 nitrogen and oxygen atoms in total. The van der Waals surface area contributed by atoms with E-state index in [1.807, 2.05) is 55.5 Å². The van der Waals surface area contributed by atoms with Crippen molar-refractivity contribution in [3.8, 4) is 5.75 Å². The van der Waals surface area contributed by atoms with E-state index in [0.29, 0.717) is 6.61 Å². The van der Waals surface area contributed by atoms with Gasteiger partial charge in [-0.25, -0.2) is 4.79 Å². The SMILES string of the molecule is CCOc1ccccc1N1CC[NH+]([C@H](C(=O)NC(=O)NC)c2ccccc2)CC1. The van der Waals surface area contributed by atoms with Crippen LogP contribution in [0, 0.1) is 0 Å². The molecule has 2 aromatic rings. The molecule has 1 aliphatic rings. The lowest BCUT2D eigenvalue weighted by Crippen LogP contribution is -3.16. The van der Waals surface area contributed by atoms with Gasteiger partial charge in [0, 0.05) is 12.6 Å². The third-order valence-corrected chi connectivity index (χ3v) is 5.18. The highest BCUT2D eigenvalue weighted by molar-refractivity contribution is 5.96. The lowest BCUT2D eigenvalue weighted by molar-refractivity contribution is -0.922. The Balaban J connectivity index is 1.75. The molecule has 0 aliphatic carbocycles. The predicted molar refractivity (Wildman–Crippen MR) is 112 cm³/mol. The van der Waals surface area contributed by atoms with E-state index in [4.69, 9.17) is 4.74 Å². The van der Waals surface area contributed by atoms with Crippen molar-refractivity contribution in [2.24, 2.45) is 0 Å². The zero-order chi connectivity index (χ0) is 20.6. The predicted octanol–water partition coefficient (Wildman–Crippen LogP) is 0.987. The molecule has 1 heterocycles. The first-order valence-corrected chi connectivity index (χ1v) is 10.0. The summed E-state index contributed by atoms with van der Waals surface area (Å²) in [5.41, 5.74) is 1.99. The third kappa shape index (κ3) is 5.06. The number of carbonyl (C=O) groups is 2. The first-order chi connectivity index (χ1) is 14.1. The van der Waals surface area contributed by atoms with Crippen LogP contribution in [-0.2, 0) is 4.79 Å². The number of amides is 3. The molecule has 154 valence electrons. The molecular formula is C22H29N4O3+. The molecule has 0 radical (unpaired) electrons. The van der Waals surface area contributed by atoms with Crippen LogP contribution in [0.5, 0.6) is 5.75 Å². The zero-order valence-electron chi connectivity index (χ0n) is 17.0. The fourth-order valence-electron chi connectivity index (χ4n) is 3.78. The average Bonchev–Trinajstić information content (AvgIpc) is 2.76. The van der Waals surface area contributed by atoms with Gasteiger partial charge in [0.05, 0.1) is 38.5 Å². The van der Waals surface area contributed by atoms with E-state index in [1.54, 1.807) is 0 Å². The van der Waals surface area contributed by atoms with Gasteiger partial charge in [-0.3, -0.25) is 10.1 Å². The van der Waals surface area contributed by atoms with Gasteiger partial charge >= 0.3 is 6.03 Å². The number of imide groups is 1. The lowest BCUT2D eigenvalue weighted by atomic mass is 10.0. The molecule has 1 atom stereocenters. The van der Waals surface area contributed by atoms with Crippen LogP contribution in [0.2, 0.25) is 0 Å². The van der Waals surface area contributed by atoms with Gasteiger partial charge in [0.2, 0.25) is 0 Å². The van der Waals surface area contributed by atoms with Gasteiger partial charge in [0.15, 0.2) is 6.04 Å². The van der Waals surface area contributed by atoms with Crippen molar-refractivity contribution in [2.75, 3.05) is 44.7 Å². The third-order valence-electron chi connectivity index (χ3n) is 5.18. The molecular weight excluding hydrogens is 368 g/mol. The first kappa shape index (κ1) is 20.7. The van der Waals surface area contributed by atoms with Gasteiger partial charge in [-0.2, -0.15) is 0 Å². The lowest BCUT2D eigenvalue weighted by Gasteiger charge is -2.37. The van der Waals surface area contributed by atoms with Crippen molar-refractivity contribution >= 4 is 17.6 Å². The second kappa shape index (κ2) is 9.93. The molecule has 0 unspecified atom stereocenters. The largest absolute Gasteiger partial charge is 0.492 e. The average molecular weight is 397 g/mol. The number of hydrogen-bond donors (Lipinski definition) is 3. The number of piperazine rings is 1. The van der Waals surface area contributed by atoms with E-state index in [9.17, 15) is 9.59 Å². The number of rotatable bonds is 6. The molecule has 0 saturated carbocycles. The summed E-state index contributed by atoms with van der Waals surface area (Å²) >= 11 is 0. The second-order valence-electron chi connectivity index (χ2n) is 6.96. The fraction of sp³-hybridized carbons (Fsp3) is 0.364. The molecule has 2 aromatic carbocycles. The van der Waals surface area contributed by atoms with Crippen molar-refractivity contribution in [3.05, 3.63) is 60.2 Å². The van der Waals surface area contributed by atoms with Crippen molar-refractivity contribution < 1.29 is 19.2 Å². The summed E-state index contributed by atoms with van der Waals surface area (Å²) in [5, 5.41) is 4.90. The Labute approximate surface area is 171 Å². The number of benzene rings is 2. The van der Waals surface area contributed by atoms with E-state index >= 15 is 0 Å². The molecule has 0 aromatic heterocycles. The van der Waals surface area contributed by atoms with E-state index in [0.717, 1.165) is 48.1 Å². The Bertz CT molecular complexity index is 820. The highest BCUT2D eigenvalue weighted by Gasteiger charge is 2.35. The number of hydrogen-bond acceptors (Lipinski definition) is 4. The molecule has 0 spiro atoms. The molecule has 7 heteroatoms. The maximum absolute atomic E-state index is 12.9. The van der Waals surface area contributed by atoms with Gasteiger partial charge in [0.1, 0.15) is 5.75 Å². The standard InChI is InChI=1S/C22H28N4O3/c1-3-29-19-12-8-7-11-18(19)25-13-15-26(16-14-25)20(17-9-5-4-6-10-17)21(27)24-22(28)23-2/h4-12,20H,3,13-16H2,1-2H3,(H2,23,24,27,28)/p+1/t20-/m0/s1. The number of anilines is 1. The highest BCUT2D eigenvalue weighted by Crippen LogP contribution is 2.28. The maximum atomic E-state index is 12.9. The van der Waals surface area contributed by atoms with E-state index in [2.05, 4.69) is 21.6 Å². The van der Waals surface area contributed by atoms with Crippen LogP contribution >= 0.6 is 0 Å². The quantitative estimate of drug-likeness (QED) is 0.680. The van der Waals surface area contributed by atoms with E-state index in [-0.39, 0.29) is 5.91 Å². The number of nitrogens with zero attached hydrogens (tertiary/aromatic N) is 1. The van der Waals surface area contributed by atoms with E-state index in [1.165, 1.54) is 7.05 Å². The van der Waals surface area contributed by atoms with Gasteiger partial charge in [-0.15, -0.1) is 0 Å². The normalized spacial score (nSPS) is 15.4. The minimum atomic E-state index is -0.486. The maximum Gasteiger partial charge on any atom is 0.321 e. The van der Waals surface area contributed by atoms with Crippen molar-refractivity contribution in [2.45, 2.75) is 13.0 Å². The molecule has 3 N–H and O–H groups in total. The molecule has 0 bridgehead atoms. The smallest absolute Gasteiger partial charge is 0.321 e.